The second kappa shape index (κ2) is 6.39. The molecule has 1 fully saturated rings. The number of benzene rings is 1. The summed E-state index contributed by atoms with van der Waals surface area (Å²) in [7, 11) is 0. The lowest BCUT2D eigenvalue weighted by Crippen LogP contribution is -2.27. The Labute approximate surface area is 150 Å². The standard InChI is InChI=1S/C19H19N5O2/c1-11-6-13(4-5-26-11)24-18(8-17(21)25)23-16-10-22-15-3-2-12(9-20)7-14(15)19(16)24/h2-3,7,10-11,13H,4-6,8H2,1H3,(H2,21,25). The first kappa shape index (κ1) is 16.5. The number of carbonyl (C=O) groups is 1. The highest BCUT2D eigenvalue weighted by molar-refractivity contribution is 6.03. The summed E-state index contributed by atoms with van der Waals surface area (Å²) in [5.41, 5.74) is 8.43. The Morgan fingerprint density at radius 2 is 2.31 bits per heavy atom. The fourth-order valence-corrected chi connectivity index (χ4v) is 3.78. The molecule has 3 heterocycles. The molecule has 1 amide bonds. The topological polar surface area (TPSA) is 107 Å². The molecule has 2 atom stereocenters. The van der Waals surface area contributed by atoms with Gasteiger partial charge in [0.05, 0.1) is 41.4 Å². The van der Waals surface area contributed by atoms with E-state index in [9.17, 15) is 10.1 Å². The van der Waals surface area contributed by atoms with Gasteiger partial charge in [-0.2, -0.15) is 5.26 Å². The lowest BCUT2D eigenvalue weighted by molar-refractivity contribution is -0.117. The maximum absolute atomic E-state index is 11.6. The SMILES string of the molecule is CC1CC(n2c(CC(N)=O)nc3cnc4ccc(C#N)cc4c32)CCO1. The van der Waals surface area contributed by atoms with Crippen molar-refractivity contribution in [3.8, 4) is 6.07 Å². The lowest BCUT2D eigenvalue weighted by Gasteiger charge is -2.30. The molecule has 2 aromatic heterocycles. The van der Waals surface area contributed by atoms with E-state index in [1.54, 1.807) is 12.3 Å². The van der Waals surface area contributed by atoms with Crippen LogP contribution in [-0.4, -0.2) is 33.2 Å². The third kappa shape index (κ3) is 2.78. The zero-order valence-corrected chi connectivity index (χ0v) is 14.5. The zero-order valence-electron chi connectivity index (χ0n) is 14.5. The minimum Gasteiger partial charge on any atom is -0.378 e. The van der Waals surface area contributed by atoms with Gasteiger partial charge in [-0.05, 0) is 38.0 Å². The molecule has 1 aliphatic heterocycles. The fourth-order valence-electron chi connectivity index (χ4n) is 3.78. The summed E-state index contributed by atoms with van der Waals surface area (Å²) in [5, 5.41) is 10.1. The Balaban J connectivity index is 2.01. The van der Waals surface area contributed by atoms with Crippen molar-refractivity contribution in [1.29, 1.82) is 5.26 Å². The first-order valence-corrected chi connectivity index (χ1v) is 8.66. The van der Waals surface area contributed by atoms with Crippen LogP contribution in [0.15, 0.2) is 24.4 Å². The molecular formula is C19H19N5O2. The first-order chi connectivity index (χ1) is 12.6. The predicted octanol–water partition coefficient (Wildman–Crippen LogP) is 2.22. The number of hydrogen-bond acceptors (Lipinski definition) is 5. The maximum atomic E-state index is 11.6. The number of amides is 1. The normalized spacial score (nSPS) is 20.3. The van der Waals surface area contributed by atoms with Crippen LogP contribution in [-0.2, 0) is 16.0 Å². The van der Waals surface area contributed by atoms with Crippen molar-refractivity contribution in [3.63, 3.8) is 0 Å². The Hall–Kier alpha value is -2.98. The zero-order chi connectivity index (χ0) is 18.3. The summed E-state index contributed by atoms with van der Waals surface area (Å²) in [6.07, 6.45) is 3.59. The first-order valence-electron chi connectivity index (χ1n) is 8.66. The molecule has 0 aliphatic carbocycles. The molecule has 0 saturated carbocycles. The second-order valence-electron chi connectivity index (χ2n) is 6.74. The lowest BCUT2D eigenvalue weighted by atomic mass is 10.0. The van der Waals surface area contributed by atoms with Gasteiger partial charge in [0.15, 0.2) is 0 Å². The number of pyridine rings is 1. The van der Waals surface area contributed by atoms with E-state index in [-0.39, 0.29) is 18.6 Å². The number of aromatic nitrogens is 3. The van der Waals surface area contributed by atoms with Gasteiger partial charge in [-0.15, -0.1) is 0 Å². The number of imidazole rings is 1. The fraction of sp³-hybridized carbons (Fsp3) is 0.368. The number of carbonyl (C=O) groups excluding carboxylic acids is 1. The Kier molecular flexibility index (Phi) is 4.05. The van der Waals surface area contributed by atoms with Gasteiger partial charge in [0.2, 0.25) is 5.91 Å². The van der Waals surface area contributed by atoms with Crippen molar-refractivity contribution < 1.29 is 9.53 Å². The molecule has 1 aliphatic rings. The van der Waals surface area contributed by atoms with Crippen LogP contribution in [0.2, 0.25) is 0 Å². The number of ether oxygens (including phenoxy) is 1. The van der Waals surface area contributed by atoms with Crippen LogP contribution < -0.4 is 5.73 Å². The van der Waals surface area contributed by atoms with E-state index in [1.807, 2.05) is 19.1 Å². The van der Waals surface area contributed by atoms with Gasteiger partial charge < -0.3 is 15.0 Å². The summed E-state index contributed by atoms with van der Waals surface area (Å²) in [4.78, 5) is 20.7. The van der Waals surface area contributed by atoms with Crippen molar-refractivity contribution in [3.05, 3.63) is 35.8 Å². The van der Waals surface area contributed by atoms with E-state index >= 15 is 0 Å². The van der Waals surface area contributed by atoms with Crippen molar-refractivity contribution in [2.45, 2.75) is 38.3 Å². The summed E-state index contributed by atoms with van der Waals surface area (Å²) < 4.78 is 7.80. The molecule has 0 bridgehead atoms. The molecule has 2 N–H and O–H groups in total. The summed E-state index contributed by atoms with van der Waals surface area (Å²) in [6.45, 7) is 2.71. The van der Waals surface area contributed by atoms with Gasteiger partial charge in [0.1, 0.15) is 11.3 Å². The molecule has 0 spiro atoms. The monoisotopic (exact) mass is 349 g/mol. The van der Waals surface area contributed by atoms with Gasteiger partial charge in [-0.1, -0.05) is 0 Å². The van der Waals surface area contributed by atoms with Crippen LogP contribution in [0, 0.1) is 11.3 Å². The highest BCUT2D eigenvalue weighted by Gasteiger charge is 2.26. The molecule has 7 nitrogen and oxygen atoms in total. The Morgan fingerprint density at radius 1 is 1.46 bits per heavy atom. The molecule has 1 saturated heterocycles. The van der Waals surface area contributed by atoms with Crippen molar-refractivity contribution in [1.82, 2.24) is 14.5 Å². The van der Waals surface area contributed by atoms with Crippen molar-refractivity contribution >= 4 is 27.8 Å². The summed E-state index contributed by atoms with van der Waals surface area (Å²) >= 11 is 0. The van der Waals surface area contributed by atoms with Gasteiger partial charge in [0.25, 0.3) is 0 Å². The smallest absolute Gasteiger partial charge is 0.225 e. The predicted molar refractivity (Wildman–Crippen MR) is 96.3 cm³/mol. The molecular weight excluding hydrogens is 330 g/mol. The highest BCUT2D eigenvalue weighted by atomic mass is 16.5. The third-order valence-corrected chi connectivity index (χ3v) is 4.87. The van der Waals surface area contributed by atoms with E-state index in [0.29, 0.717) is 23.5 Å². The number of hydrogen-bond donors (Lipinski definition) is 1. The molecule has 3 aromatic rings. The number of rotatable bonds is 3. The Morgan fingerprint density at radius 3 is 3.04 bits per heavy atom. The van der Waals surface area contributed by atoms with Crippen LogP contribution in [0.3, 0.4) is 0 Å². The number of fused-ring (bicyclic) bond motifs is 3. The molecule has 26 heavy (non-hydrogen) atoms. The van der Waals surface area contributed by atoms with E-state index < -0.39 is 5.91 Å². The molecule has 4 rings (SSSR count). The quantitative estimate of drug-likeness (QED) is 0.780. The Bertz CT molecular complexity index is 1050. The number of nitrogens with zero attached hydrogens (tertiary/aromatic N) is 4. The molecule has 7 heteroatoms. The van der Waals surface area contributed by atoms with Crippen LogP contribution in [0.5, 0.6) is 0 Å². The second-order valence-corrected chi connectivity index (χ2v) is 6.74. The van der Waals surface area contributed by atoms with Crippen LogP contribution in [0.25, 0.3) is 21.9 Å². The minimum atomic E-state index is -0.420. The van der Waals surface area contributed by atoms with Crippen molar-refractivity contribution in [2.75, 3.05) is 6.61 Å². The molecule has 1 aromatic carbocycles. The number of nitrogens with two attached hydrogens (primary N) is 1. The van der Waals surface area contributed by atoms with E-state index in [4.69, 9.17) is 10.5 Å². The highest BCUT2D eigenvalue weighted by Crippen LogP contribution is 2.33. The number of nitriles is 1. The van der Waals surface area contributed by atoms with Gasteiger partial charge in [0, 0.05) is 18.0 Å². The largest absolute Gasteiger partial charge is 0.378 e. The molecule has 132 valence electrons. The summed E-state index contributed by atoms with van der Waals surface area (Å²) in [5.74, 6) is 0.222. The maximum Gasteiger partial charge on any atom is 0.225 e. The van der Waals surface area contributed by atoms with Crippen LogP contribution >= 0.6 is 0 Å². The van der Waals surface area contributed by atoms with Gasteiger partial charge in [-0.25, -0.2) is 4.98 Å². The van der Waals surface area contributed by atoms with Crippen LogP contribution in [0.4, 0.5) is 0 Å². The summed E-state index contributed by atoms with van der Waals surface area (Å²) in [6, 6.07) is 7.76. The van der Waals surface area contributed by atoms with Gasteiger partial charge in [-0.3, -0.25) is 9.78 Å². The number of primary amides is 1. The van der Waals surface area contributed by atoms with E-state index in [0.717, 1.165) is 29.3 Å². The minimum absolute atomic E-state index is 0.0693. The molecule has 2 unspecified atom stereocenters. The van der Waals surface area contributed by atoms with Crippen LogP contribution in [0.1, 0.15) is 37.2 Å². The average molecular weight is 349 g/mol. The van der Waals surface area contributed by atoms with E-state index in [2.05, 4.69) is 20.6 Å². The van der Waals surface area contributed by atoms with Crippen molar-refractivity contribution in [2.24, 2.45) is 5.73 Å². The van der Waals surface area contributed by atoms with Gasteiger partial charge >= 0.3 is 0 Å². The average Bonchev–Trinajstić information content (AvgIpc) is 2.98. The van der Waals surface area contributed by atoms with E-state index in [1.165, 1.54) is 0 Å². The third-order valence-electron chi connectivity index (χ3n) is 4.87. The molecule has 0 radical (unpaired) electrons.